The average molecular weight is 384 g/mol. The molecule has 7 heteroatoms. The highest BCUT2D eigenvalue weighted by Crippen LogP contribution is 2.24. The van der Waals surface area contributed by atoms with Gasteiger partial charge in [0, 0.05) is 30.7 Å². The van der Waals surface area contributed by atoms with Gasteiger partial charge in [0.1, 0.15) is 5.75 Å². The summed E-state index contributed by atoms with van der Waals surface area (Å²) in [5, 5.41) is 2.96. The van der Waals surface area contributed by atoms with E-state index in [0.717, 1.165) is 25.1 Å². The van der Waals surface area contributed by atoms with Crippen LogP contribution in [0, 0.1) is 5.92 Å². The first-order chi connectivity index (χ1) is 11.8. The number of halogens is 1. The number of benzene rings is 1. The quantitative estimate of drug-likeness (QED) is 0.722. The first-order valence-electron chi connectivity index (χ1n) is 8.87. The van der Waals surface area contributed by atoms with E-state index in [0.29, 0.717) is 24.6 Å². The van der Waals surface area contributed by atoms with Crippen molar-refractivity contribution in [3.05, 3.63) is 24.3 Å². The maximum Gasteiger partial charge on any atom is 0.258 e. The molecule has 1 saturated heterocycles. The molecule has 1 heterocycles. The van der Waals surface area contributed by atoms with Gasteiger partial charge in [0.05, 0.1) is 0 Å². The van der Waals surface area contributed by atoms with Crippen molar-refractivity contribution >= 4 is 29.9 Å². The van der Waals surface area contributed by atoms with E-state index in [9.17, 15) is 9.59 Å². The molecule has 1 fully saturated rings. The SMILES string of the molecule is CC(C)CC(C)(CN)NC(=O)COc1ccc(N2CCCC2=O)cc1.Cl. The smallest absolute Gasteiger partial charge is 0.258 e. The van der Waals surface area contributed by atoms with Gasteiger partial charge in [-0.2, -0.15) is 0 Å². The molecule has 0 radical (unpaired) electrons. The average Bonchev–Trinajstić information content (AvgIpc) is 2.98. The molecule has 1 aliphatic rings. The fraction of sp³-hybridized carbons (Fsp3) is 0.579. The molecule has 1 aromatic carbocycles. The predicted molar refractivity (Wildman–Crippen MR) is 106 cm³/mol. The summed E-state index contributed by atoms with van der Waals surface area (Å²) in [4.78, 5) is 25.7. The van der Waals surface area contributed by atoms with Crippen LogP contribution in [0.2, 0.25) is 0 Å². The molecule has 6 nitrogen and oxygen atoms in total. The van der Waals surface area contributed by atoms with Gasteiger partial charge in [0.15, 0.2) is 6.61 Å². The fourth-order valence-electron chi connectivity index (χ4n) is 3.25. The van der Waals surface area contributed by atoms with Gasteiger partial charge in [-0.05, 0) is 49.9 Å². The first kappa shape index (κ1) is 22.3. The summed E-state index contributed by atoms with van der Waals surface area (Å²) in [6.45, 7) is 7.24. The Bertz CT molecular complexity index is 607. The highest BCUT2D eigenvalue weighted by Gasteiger charge is 2.26. The molecular weight excluding hydrogens is 354 g/mol. The lowest BCUT2D eigenvalue weighted by atomic mass is 9.91. The zero-order chi connectivity index (χ0) is 18.4. The zero-order valence-corrected chi connectivity index (χ0v) is 16.6. The molecule has 2 amide bonds. The molecule has 146 valence electrons. The molecule has 1 aromatic rings. The highest BCUT2D eigenvalue weighted by atomic mass is 35.5. The summed E-state index contributed by atoms with van der Waals surface area (Å²) in [6, 6.07) is 7.26. The summed E-state index contributed by atoms with van der Waals surface area (Å²) in [7, 11) is 0. The van der Waals surface area contributed by atoms with Crippen molar-refractivity contribution in [1.82, 2.24) is 5.32 Å². The van der Waals surface area contributed by atoms with Gasteiger partial charge in [-0.25, -0.2) is 0 Å². The predicted octanol–water partition coefficient (Wildman–Crippen LogP) is 2.49. The second-order valence-corrected chi connectivity index (χ2v) is 7.34. The van der Waals surface area contributed by atoms with Crippen LogP contribution in [0.3, 0.4) is 0 Å². The number of carbonyl (C=O) groups excluding carboxylic acids is 2. The lowest BCUT2D eigenvalue weighted by Gasteiger charge is -2.31. The van der Waals surface area contributed by atoms with Crippen LogP contribution in [0.25, 0.3) is 0 Å². The van der Waals surface area contributed by atoms with Gasteiger partial charge < -0.3 is 20.7 Å². The largest absolute Gasteiger partial charge is 0.484 e. The van der Waals surface area contributed by atoms with Gasteiger partial charge in [-0.1, -0.05) is 13.8 Å². The van der Waals surface area contributed by atoms with Crippen molar-refractivity contribution < 1.29 is 14.3 Å². The van der Waals surface area contributed by atoms with Crippen LogP contribution in [0.4, 0.5) is 5.69 Å². The number of ether oxygens (including phenoxy) is 1. The van der Waals surface area contributed by atoms with Crippen molar-refractivity contribution in [2.24, 2.45) is 11.7 Å². The number of rotatable bonds is 8. The second kappa shape index (κ2) is 9.78. The van der Waals surface area contributed by atoms with Gasteiger partial charge in [-0.3, -0.25) is 9.59 Å². The van der Waals surface area contributed by atoms with Crippen molar-refractivity contribution in [2.45, 2.75) is 45.6 Å². The summed E-state index contributed by atoms with van der Waals surface area (Å²) >= 11 is 0. The van der Waals surface area contributed by atoms with Crippen LogP contribution >= 0.6 is 12.4 Å². The molecule has 0 saturated carbocycles. The number of carbonyl (C=O) groups is 2. The number of anilines is 1. The highest BCUT2D eigenvalue weighted by molar-refractivity contribution is 5.95. The minimum atomic E-state index is -0.422. The van der Waals surface area contributed by atoms with Crippen molar-refractivity contribution in [1.29, 1.82) is 0 Å². The molecule has 1 aliphatic heterocycles. The normalized spacial score (nSPS) is 16.2. The Morgan fingerprint density at radius 2 is 2.00 bits per heavy atom. The third-order valence-corrected chi connectivity index (χ3v) is 4.34. The molecule has 3 N–H and O–H groups in total. The van der Waals surface area contributed by atoms with Crippen LogP contribution < -0.4 is 20.7 Å². The number of hydrogen-bond acceptors (Lipinski definition) is 4. The standard InChI is InChI=1S/C19H29N3O3.ClH/c1-14(2)11-19(3,13-20)21-17(23)12-25-16-8-6-15(7-9-16)22-10-4-5-18(22)24;/h6-9,14H,4-5,10-13,20H2,1-3H3,(H,21,23);1H. The molecule has 1 atom stereocenters. The van der Waals surface area contributed by atoms with Gasteiger partial charge in [0.25, 0.3) is 5.91 Å². The van der Waals surface area contributed by atoms with E-state index in [1.165, 1.54) is 0 Å². The van der Waals surface area contributed by atoms with Crippen molar-refractivity contribution in [3.63, 3.8) is 0 Å². The minimum Gasteiger partial charge on any atom is -0.484 e. The van der Waals surface area contributed by atoms with Crippen LogP contribution in [-0.2, 0) is 9.59 Å². The first-order valence-corrected chi connectivity index (χ1v) is 8.87. The van der Waals surface area contributed by atoms with Crippen molar-refractivity contribution in [2.75, 3.05) is 24.6 Å². The molecule has 0 spiro atoms. The Labute approximate surface area is 161 Å². The zero-order valence-electron chi connectivity index (χ0n) is 15.8. The monoisotopic (exact) mass is 383 g/mol. The number of nitrogens with two attached hydrogens (primary N) is 1. The number of hydrogen-bond donors (Lipinski definition) is 2. The van der Waals surface area contributed by atoms with Gasteiger partial charge >= 0.3 is 0 Å². The summed E-state index contributed by atoms with van der Waals surface area (Å²) in [6.07, 6.45) is 2.32. The molecule has 2 rings (SSSR count). The van der Waals surface area contributed by atoms with E-state index in [2.05, 4.69) is 19.2 Å². The third kappa shape index (κ3) is 6.18. The van der Waals surface area contributed by atoms with Crippen molar-refractivity contribution in [3.8, 4) is 5.75 Å². The molecule has 0 aromatic heterocycles. The molecular formula is C19H30ClN3O3. The Balaban J connectivity index is 0.00000338. The van der Waals surface area contributed by atoms with E-state index >= 15 is 0 Å². The lowest BCUT2D eigenvalue weighted by molar-refractivity contribution is -0.125. The number of nitrogens with one attached hydrogen (secondary N) is 1. The Kier molecular flexibility index (Phi) is 8.37. The Hall–Kier alpha value is -1.79. The maximum atomic E-state index is 12.1. The van der Waals surface area contributed by atoms with Crippen LogP contribution in [-0.4, -0.2) is 37.0 Å². The van der Waals surface area contributed by atoms with Gasteiger partial charge in [-0.15, -0.1) is 12.4 Å². The van der Waals surface area contributed by atoms with E-state index in [1.54, 1.807) is 17.0 Å². The molecule has 0 aliphatic carbocycles. The Morgan fingerprint density at radius 1 is 1.35 bits per heavy atom. The fourth-order valence-corrected chi connectivity index (χ4v) is 3.25. The minimum absolute atomic E-state index is 0. The van der Waals surface area contributed by atoms with Gasteiger partial charge in [0.2, 0.25) is 5.91 Å². The second-order valence-electron chi connectivity index (χ2n) is 7.34. The number of amides is 2. The van der Waals surface area contributed by atoms with Crippen LogP contribution in [0.1, 0.15) is 40.0 Å². The molecule has 26 heavy (non-hydrogen) atoms. The summed E-state index contributed by atoms with van der Waals surface area (Å²) in [5.74, 6) is 1.01. The maximum absolute atomic E-state index is 12.1. The lowest BCUT2D eigenvalue weighted by Crippen LogP contribution is -2.53. The topological polar surface area (TPSA) is 84.7 Å². The van der Waals surface area contributed by atoms with E-state index in [1.807, 2.05) is 19.1 Å². The van der Waals surface area contributed by atoms with Crippen LogP contribution in [0.5, 0.6) is 5.75 Å². The van der Waals surface area contributed by atoms with E-state index in [-0.39, 0.29) is 30.8 Å². The Morgan fingerprint density at radius 3 is 2.50 bits per heavy atom. The summed E-state index contributed by atoms with van der Waals surface area (Å²) < 4.78 is 5.55. The van der Waals surface area contributed by atoms with E-state index < -0.39 is 5.54 Å². The van der Waals surface area contributed by atoms with E-state index in [4.69, 9.17) is 10.5 Å². The number of nitrogens with zero attached hydrogens (tertiary/aromatic N) is 1. The van der Waals surface area contributed by atoms with Crippen LogP contribution in [0.15, 0.2) is 24.3 Å². The molecule has 1 unspecified atom stereocenters. The summed E-state index contributed by atoms with van der Waals surface area (Å²) in [5.41, 5.74) is 6.26. The molecule has 0 bridgehead atoms. The third-order valence-electron chi connectivity index (χ3n) is 4.34.